The minimum atomic E-state index is -1.31. The Hall–Kier alpha value is -3.52. The Morgan fingerprint density at radius 2 is 1.91 bits per heavy atom. The van der Waals surface area contributed by atoms with Crippen molar-refractivity contribution < 1.29 is 27.1 Å². The molecule has 0 atom stereocenters. The van der Waals surface area contributed by atoms with Crippen molar-refractivity contribution in [2.24, 2.45) is 0 Å². The zero-order chi connectivity index (χ0) is 23.2. The number of nitrogens with zero attached hydrogens (tertiary/aromatic N) is 1. The van der Waals surface area contributed by atoms with Crippen LogP contribution in [-0.4, -0.2) is 18.1 Å². The number of halogens is 3. The maximum Gasteiger partial charge on any atom is 0.200 e. The van der Waals surface area contributed by atoms with Crippen molar-refractivity contribution in [2.45, 2.75) is 26.5 Å². The van der Waals surface area contributed by atoms with E-state index in [-0.39, 0.29) is 6.61 Å². The number of benzene rings is 2. The fourth-order valence-electron chi connectivity index (χ4n) is 3.47. The van der Waals surface area contributed by atoms with Crippen molar-refractivity contribution in [2.75, 3.05) is 13.2 Å². The van der Waals surface area contributed by atoms with E-state index in [4.69, 9.17) is 13.9 Å². The Bertz CT molecular complexity index is 1230. The number of hydrogen-bond acceptors (Lipinski definition) is 5. The van der Waals surface area contributed by atoms with Gasteiger partial charge in [-0.15, -0.1) is 0 Å². The molecule has 0 aliphatic carbocycles. The third-order valence-corrected chi connectivity index (χ3v) is 5.14. The second kappa shape index (κ2) is 10.4. The molecule has 5 nitrogen and oxygen atoms in total. The van der Waals surface area contributed by atoms with Crippen LogP contribution in [0, 0.1) is 24.4 Å². The van der Waals surface area contributed by atoms with E-state index in [0.29, 0.717) is 29.8 Å². The van der Waals surface area contributed by atoms with Crippen molar-refractivity contribution in [3.63, 3.8) is 0 Å². The largest absolute Gasteiger partial charge is 0.493 e. The summed E-state index contributed by atoms with van der Waals surface area (Å²) in [6.07, 6.45) is 4.37. The van der Waals surface area contributed by atoms with Gasteiger partial charge in [-0.05, 0) is 43.7 Å². The lowest BCUT2D eigenvalue weighted by Gasteiger charge is -2.09. The van der Waals surface area contributed by atoms with Crippen LogP contribution in [0.25, 0.3) is 11.0 Å². The predicted octanol–water partition coefficient (Wildman–Crippen LogP) is 5.69. The van der Waals surface area contributed by atoms with Crippen LogP contribution in [0.5, 0.6) is 11.5 Å². The number of rotatable bonds is 10. The van der Waals surface area contributed by atoms with E-state index in [2.05, 4.69) is 10.3 Å². The smallest absolute Gasteiger partial charge is 0.200 e. The molecule has 4 rings (SSSR count). The summed E-state index contributed by atoms with van der Waals surface area (Å²) in [4.78, 5) is 4.09. The molecule has 8 heteroatoms. The van der Waals surface area contributed by atoms with Gasteiger partial charge in [-0.3, -0.25) is 4.98 Å². The van der Waals surface area contributed by atoms with Gasteiger partial charge >= 0.3 is 0 Å². The van der Waals surface area contributed by atoms with Gasteiger partial charge in [0.25, 0.3) is 0 Å². The summed E-state index contributed by atoms with van der Waals surface area (Å²) in [6.45, 7) is 3.67. The zero-order valence-corrected chi connectivity index (χ0v) is 18.0. The number of nitrogens with one attached hydrogen (secondary N) is 1. The lowest BCUT2D eigenvalue weighted by atomic mass is 10.1. The van der Waals surface area contributed by atoms with Gasteiger partial charge in [0.05, 0.1) is 12.0 Å². The number of aromatic nitrogens is 1. The monoisotopic (exact) mass is 456 g/mol. The van der Waals surface area contributed by atoms with Crippen molar-refractivity contribution in [1.29, 1.82) is 0 Å². The fraction of sp³-hybridized carbons (Fsp3) is 0.240. The zero-order valence-electron chi connectivity index (χ0n) is 18.0. The molecule has 0 fully saturated rings. The highest BCUT2D eigenvalue weighted by molar-refractivity contribution is 5.88. The van der Waals surface area contributed by atoms with E-state index in [9.17, 15) is 13.2 Å². The number of ether oxygens (including phenoxy) is 2. The summed E-state index contributed by atoms with van der Waals surface area (Å²) < 4.78 is 57.7. The maximum atomic E-state index is 13.9. The topological polar surface area (TPSA) is 56.5 Å². The number of pyridine rings is 1. The van der Waals surface area contributed by atoms with Crippen LogP contribution in [0.2, 0.25) is 0 Å². The second-order valence-electron chi connectivity index (χ2n) is 7.51. The highest BCUT2D eigenvalue weighted by Crippen LogP contribution is 2.34. The van der Waals surface area contributed by atoms with E-state index >= 15 is 0 Å². The molecule has 0 saturated carbocycles. The minimum Gasteiger partial charge on any atom is -0.493 e. The van der Waals surface area contributed by atoms with Crippen LogP contribution in [0.1, 0.15) is 23.3 Å². The fourth-order valence-corrected chi connectivity index (χ4v) is 3.47. The van der Waals surface area contributed by atoms with Gasteiger partial charge in [-0.1, -0.05) is 12.1 Å². The van der Waals surface area contributed by atoms with E-state index in [1.54, 1.807) is 12.3 Å². The number of fused-ring (bicyclic) bond motifs is 1. The van der Waals surface area contributed by atoms with E-state index < -0.39 is 23.2 Å². The molecular formula is C25H23F3N2O3. The molecule has 0 aliphatic rings. The first-order valence-corrected chi connectivity index (χ1v) is 10.5. The third-order valence-electron chi connectivity index (χ3n) is 5.14. The molecule has 2 aromatic carbocycles. The van der Waals surface area contributed by atoms with Crippen molar-refractivity contribution in [3.8, 4) is 11.5 Å². The summed E-state index contributed by atoms with van der Waals surface area (Å²) in [5.74, 6) is -2.90. The van der Waals surface area contributed by atoms with Gasteiger partial charge in [0, 0.05) is 36.6 Å². The Morgan fingerprint density at radius 3 is 2.73 bits per heavy atom. The first kappa shape index (κ1) is 22.7. The molecule has 2 aromatic heterocycles. The third kappa shape index (κ3) is 5.46. The normalized spacial score (nSPS) is 11.2. The van der Waals surface area contributed by atoms with Gasteiger partial charge in [0.1, 0.15) is 29.5 Å². The van der Waals surface area contributed by atoms with Gasteiger partial charge in [-0.25, -0.2) is 8.78 Å². The van der Waals surface area contributed by atoms with Crippen molar-refractivity contribution in [3.05, 3.63) is 89.2 Å². The molecule has 0 radical (unpaired) electrons. The highest BCUT2D eigenvalue weighted by atomic mass is 19.2. The van der Waals surface area contributed by atoms with Crippen LogP contribution in [-0.2, 0) is 13.2 Å². The van der Waals surface area contributed by atoms with Gasteiger partial charge in [-0.2, -0.15) is 4.39 Å². The molecule has 33 heavy (non-hydrogen) atoms. The summed E-state index contributed by atoms with van der Waals surface area (Å²) in [6, 6.07) is 10.6. The first-order chi connectivity index (χ1) is 16.0. The SMILES string of the molecule is Cc1c(COc2cc(F)cc(F)c2F)oc2cccc(OCCCNCc3cccnc3)c12. The molecular weight excluding hydrogens is 433 g/mol. The molecule has 0 saturated heterocycles. The Kier molecular flexibility index (Phi) is 7.14. The summed E-state index contributed by atoms with van der Waals surface area (Å²) in [5, 5.41) is 4.13. The summed E-state index contributed by atoms with van der Waals surface area (Å²) in [7, 11) is 0. The molecule has 4 aromatic rings. The first-order valence-electron chi connectivity index (χ1n) is 10.5. The Balaban J connectivity index is 1.36. The van der Waals surface area contributed by atoms with Crippen LogP contribution in [0.3, 0.4) is 0 Å². The molecule has 0 aliphatic heterocycles. The summed E-state index contributed by atoms with van der Waals surface area (Å²) in [5.41, 5.74) is 2.46. The average molecular weight is 456 g/mol. The quantitative estimate of drug-likeness (QED) is 0.245. The lowest BCUT2D eigenvalue weighted by Crippen LogP contribution is -2.17. The Morgan fingerprint density at radius 1 is 1.03 bits per heavy atom. The average Bonchev–Trinajstić information content (AvgIpc) is 3.14. The van der Waals surface area contributed by atoms with Crippen LogP contribution in [0.15, 0.2) is 59.3 Å². The minimum absolute atomic E-state index is 0.183. The number of furan rings is 1. The molecule has 1 N–H and O–H groups in total. The number of aryl methyl sites for hydroxylation is 1. The lowest BCUT2D eigenvalue weighted by molar-refractivity contribution is 0.255. The molecule has 0 bridgehead atoms. The maximum absolute atomic E-state index is 13.9. The predicted molar refractivity (Wildman–Crippen MR) is 118 cm³/mol. The van der Waals surface area contributed by atoms with Gasteiger partial charge < -0.3 is 19.2 Å². The second-order valence-corrected chi connectivity index (χ2v) is 7.51. The molecule has 172 valence electrons. The van der Waals surface area contributed by atoms with E-state index in [0.717, 1.165) is 42.1 Å². The molecule has 0 unspecified atom stereocenters. The molecule has 0 amide bonds. The van der Waals surface area contributed by atoms with Crippen molar-refractivity contribution in [1.82, 2.24) is 10.3 Å². The van der Waals surface area contributed by atoms with Crippen LogP contribution < -0.4 is 14.8 Å². The van der Waals surface area contributed by atoms with Crippen LogP contribution >= 0.6 is 0 Å². The van der Waals surface area contributed by atoms with Crippen molar-refractivity contribution >= 4 is 11.0 Å². The molecule has 0 spiro atoms. The van der Waals surface area contributed by atoms with Gasteiger partial charge in [0.15, 0.2) is 11.6 Å². The summed E-state index contributed by atoms with van der Waals surface area (Å²) >= 11 is 0. The number of hydrogen-bond donors (Lipinski definition) is 1. The Labute approximate surface area is 189 Å². The standard InChI is InChI=1S/C25H23F3N2O3/c1-16-23(15-32-22-12-18(26)11-19(27)25(22)28)33-21-7-2-6-20(24(16)21)31-10-4-9-30-14-17-5-3-8-29-13-17/h2-3,5-8,11-13,30H,4,9-10,14-15H2,1H3. The van der Waals surface area contributed by atoms with Gasteiger partial charge in [0.2, 0.25) is 5.82 Å². The molecule has 2 heterocycles. The van der Waals surface area contributed by atoms with E-state index in [1.165, 1.54) is 0 Å². The van der Waals surface area contributed by atoms with E-state index in [1.807, 2.05) is 37.4 Å². The van der Waals surface area contributed by atoms with Crippen LogP contribution in [0.4, 0.5) is 13.2 Å². The highest BCUT2D eigenvalue weighted by Gasteiger charge is 2.17.